The minimum atomic E-state index is -0.380. The summed E-state index contributed by atoms with van der Waals surface area (Å²) in [6.45, 7) is 0. The van der Waals surface area contributed by atoms with Gasteiger partial charge in [-0.3, -0.25) is 4.98 Å². The highest BCUT2D eigenvalue weighted by Gasteiger charge is 1.73. The van der Waals surface area contributed by atoms with Crippen LogP contribution in [0.1, 0.15) is 5.48 Å². The standard InChI is InChI=1S/C5H6N2/c6-5-2-1-3-7-4-5/h1-4H,6H2/i1D,2D,3D,4D. The summed E-state index contributed by atoms with van der Waals surface area (Å²) in [4.78, 5) is 3.33. The molecule has 1 heterocycles. The zero-order chi connectivity index (χ0) is 8.59. The molecule has 0 bridgehead atoms. The molecule has 0 fully saturated rings. The van der Waals surface area contributed by atoms with E-state index in [9.17, 15) is 0 Å². The van der Waals surface area contributed by atoms with Gasteiger partial charge in [-0.2, -0.15) is 0 Å². The molecule has 0 saturated heterocycles. The van der Waals surface area contributed by atoms with Crippen LogP contribution in [0.5, 0.6) is 0 Å². The van der Waals surface area contributed by atoms with E-state index >= 15 is 0 Å². The summed E-state index contributed by atoms with van der Waals surface area (Å²) >= 11 is 0. The van der Waals surface area contributed by atoms with E-state index in [4.69, 9.17) is 11.2 Å². The summed E-state index contributed by atoms with van der Waals surface area (Å²) in [5, 5.41) is 0. The third kappa shape index (κ3) is 0.892. The molecule has 0 aromatic carbocycles. The maximum Gasteiger partial charge on any atom is 0.0862 e. The lowest BCUT2D eigenvalue weighted by Gasteiger charge is -1.83. The van der Waals surface area contributed by atoms with Crippen molar-refractivity contribution in [3.8, 4) is 0 Å². The molecule has 0 aliphatic heterocycles. The van der Waals surface area contributed by atoms with Crippen molar-refractivity contribution in [2.24, 2.45) is 0 Å². The maximum absolute atomic E-state index is 7.13. The van der Waals surface area contributed by atoms with Gasteiger partial charge in [0.2, 0.25) is 0 Å². The lowest BCUT2D eigenvalue weighted by atomic mass is 10.4. The van der Waals surface area contributed by atoms with Gasteiger partial charge in [-0.25, -0.2) is 0 Å². The largest absolute Gasteiger partial charge is 0.397 e. The van der Waals surface area contributed by atoms with Crippen LogP contribution in [0.3, 0.4) is 0 Å². The predicted octanol–water partition coefficient (Wildman–Crippen LogP) is 0.664. The molecule has 1 aromatic rings. The molecular weight excluding hydrogens is 88.1 g/mol. The van der Waals surface area contributed by atoms with Crippen molar-refractivity contribution in [3.63, 3.8) is 0 Å². The van der Waals surface area contributed by atoms with Crippen molar-refractivity contribution in [2.45, 2.75) is 0 Å². The van der Waals surface area contributed by atoms with E-state index in [-0.39, 0.29) is 30.1 Å². The van der Waals surface area contributed by atoms with Crippen LogP contribution in [0.15, 0.2) is 24.4 Å². The highest BCUT2D eigenvalue weighted by molar-refractivity contribution is 5.32. The number of rotatable bonds is 0. The third-order valence-corrected chi connectivity index (χ3v) is 0.485. The molecule has 0 unspecified atom stereocenters. The Kier molecular flexibility index (Phi) is 0.336. The molecule has 36 valence electrons. The third-order valence-electron chi connectivity index (χ3n) is 0.485. The topological polar surface area (TPSA) is 38.9 Å². The monoisotopic (exact) mass is 98.1 g/mol. The summed E-state index contributed by atoms with van der Waals surface area (Å²) < 4.78 is 28.3. The van der Waals surface area contributed by atoms with Gasteiger partial charge in [-0.15, -0.1) is 0 Å². The number of aromatic nitrogens is 1. The van der Waals surface area contributed by atoms with Crippen molar-refractivity contribution in [1.29, 1.82) is 0 Å². The molecule has 0 radical (unpaired) electrons. The number of anilines is 1. The highest BCUT2D eigenvalue weighted by atomic mass is 14.7. The molecule has 1 rings (SSSR count). The minimum Gasteiger partial charge on any atom is -0.397 e. The van der Waals surface area contributed by atoms with Gasteiger partial charge in [0.15, 0.2) is 0 Å². The number of nitrogens with zero attached hydrogens (tertiary/aromatic N) is 1. The number of nitrogens with two attached hydrogens (primary N) is 1. The van der Waals surface area contributed by atoms with E-state index in [0.717, 1.165) is 0 Å². The van der Waals surface area contributed by atoms with E-state index in [1.807, 2.05) is 0 Å². The lowest BCUT2D eigenvalue weighted by Crippen LogP contribution is -1.82. The van der Waals surface area contributed by atoms with Crippen LogP contribution in [0, 0.1) is 0 Å². The normalized spacial score (nSPS) is 16.6. The summed E-state index contributed by atoms with van der Waals surface area (Å²) in [5.41, 5.74) is 5.06. The van der Waals surface area contributed by atoms with E-state index in [1.165, 1.54) is 0 Å². The molecule has 2 heteroatoms. The van der Waals surface area contributed by atoms with Crippen molar-refractivity contribution < 1.29 is 5.48 Å². The van der Waals surface area contributed by atoms with Gasteiger partial charge in [0.1, 0.15) is 0 Å². The number of pyridine rings is 1. The highest BCUT2D eigenvalue weighted by Crippen LogP contribution is 1.92. The van der Waals surface area contributed by atoms with E-state index < -0.39 is 0 Å². The first-order valence-electron chi connectivity index (χ1n) is 3.74. The zero-order valence-corrected chi connectivity index (χ0v) is 3.52. The average molecular weight is 98.1 g/mol. The summed E-state index contributed by atoms with van der Waals surface area (Å²) in [6, 6.07) is -0.631. The zero-order valence-electron chi connectivity index (χ0n) is 7.52. The van der Waals surface area contributed by atoms with Gasteiger partial charge < -0.3 is 5.73 Å². The maximum atomic E-state index is 7.13. The fraction of sp³-hybridized carbons (Fsp3) is 0. The van der Waals surface area contributed by atoms with Crippen LogP contribution in [0.4, 0.5) is 5.69 Å². The Labute approximate surface area is 47.6 Å². The Bertz CT molecular complexity index is 273. The van der Waals surface area contributed by atoms with Crippen molar-refractivity contribution >= 4 is 5.69 Å². The smallest absolute Gasteiger partial charge is 0.0862 e. The first-order valence-corrected chi connectivity index (χ1v) is 1.74. The Hall–Kier alpha value is -1.05. The van der Waals surface area contributed by atoms with Gasteiger partial charge in [-0.1, -0.05) is 0 Å². The fourth-order valence-corrected chi connectivity index (χ4v) is 0.239. The number of nitrogen functional groups attached to an aromatic ring is 1. The molecule has 7 heavy (non-hydrogen) atoms. The fourth-order valence-electron chi connectivity index (χ4n) is 0.239. The quantitative estimate of drug-likeness (QED) is 0.517. The average Bonchev–Trinajstić information content (AvgIpc) is 1.97. The molecule has 2 nitrogen and oxygen atoms in total. The molecule has 1 aromatic heterocycles. The Morgan fingerprint density at radius 2 is 2.71 bits per heavy atom. The van der Waals surface area contributed by atoms with Gasteiger partial charge in [0.05, 0.1) is 11.2 Å². The van der Waals surface area contributed by atoms with Crippen LogP contribution in [-0.2, 0) is 0 Å². The molecule has 0 aliphatic carbocycles. The van der Waals surface area contributed by atoms with E-state index in [2.05, 4.69) is 4.98 Å². The Morgan fingerprint density at radius 1 is 1.86 bits per heavy atom. The SMILES string of the molecule is [2H]c1nc([2H])c(N)c([2H])c1[2H]. The molecular formula is C5H6N2. The van der Waals surface area contributed by atoms with Crippen molar-refractivity contribution in [2.75, 3.05) is 5.73 Å². The molecule has 0 spiro atoms. The molecule has 0 saturated carbocycles. The first kappa shape index (κ1) is 1.47. The van der Waals surface area contributed by atoms with E-state index in [1.54, 1.807) is 0 Å². The van der Waals surface area contributed by atoms with Crippen LogP contribution >= 0.6 is 0 Å². The Balaban J connectivity index is 3.46. The summed E-state index contributed by atoms with van der Waals surface area (Å²) in [5.74, 6) is 0. The van der Waals surface area contributed by atoms with Crippen molar-refractivity contribution in [1.82, 2.24) is 4.98 Å². The molecule has 0 amide bonds. The van der Waals surface area contributed by atoms with Crippen molar-refractivity contribution in [3.05, 3.63) is 24.4 Å². The second-order valence-corrected chi connectivity index (χ2v) is 0.999. The van der Waals surface area contributed by atoms with Gasteiger partial charge in [-0.05, 0) is 12.1 Å². The second-order valence-electron chi connectivity index (χ2n) is 0.999. The van der Waals surface area contributed by atoms with Crippen LogP contribution in [0.2, 0.25) is 0 Å². The van der Waals surface area contributed by atoms with Crippen LogP contribution < -0.4 is 5.73 Å². The van der Waals surface area contributed by atoms with Crippen LogP contribution in [-0.4, -0.2) is 4.98 Å². The van der Waals surface area contributed by atoms with Gasteiger partial charge >= 0.3 is 0 Å². The molecule has 0 aliphatic rings. The number of hydrogen-bond acceptors (Lipinski definition) is 2. The van der Waals surface area contributed by atoms with E-state index in [0.29, 0.717) is 0 Å². The summed E-state index contributed by atoms with van der Waals surface area (Å²) in [7, 11) is 0. The predicted molar refractivity (Wildman–Crippen MR) is 28.6 cm³/mol. The van der Waals surface area contributed by atoms with Crippen LogP contribution in [0.25, 0.3) is 0 Å². The minimum absolute atomic E-state index is 0.147. The summed E-state index contributed by atoms with van der Waals surface area (Å²) in [6.07, 6.45) is -0.690. The number of hydrogen-bond donors (Lipinski definition) is 1. The molecule has 2 N–H and O–H groups in total. The first-order chi connectivity index (χ1) is 5.04. The van der Waals surface area contributed by atoms with Gasteiger partial charge in [0.25, 0.3) is 0 Å². The second kappa shape index (κ2) is 1.60. The Morgan fingerprint density at radius 3 is 3.57 bits per heavy atom. The van der Waals surface area contributed by atoms with Gasteiger partial charge in [0, 0.05) is 12.3 Å². The lowest BCUT2D eigenvalue weighted by molar-refractivity contribution is 1.33. The molecule has 0 atom stereocenters.